The Bertz CT molecular complexity index is 756. The smallest absolute Gasteiger partial charge is 0.490 e. The number of rotatable bonds is 3. The second-order valence-electron chi connectivity index (χ2n) is 4.11. The molecule has 0 aliphatic heterocycles. The normalized spacial score (nSPS) is 9.26. The van der Waals surface area contributed by atoms with Crippen molar-refractivity contribution in [3.05, 3.63) is 65.3 Å². The van der Waals surface area contributed by atoms with Crippen LogP contribution < -0.4 is 5.32 Å². The van der Waals surface area contributed by atoms with E-state index < -0.39 is 5.97 Å². The molecule has 0 bridgehead atoms. The molecule has 23 heavy (non-hydrogen) atoms. The minimum atomic E-state index is -0.865. The number of carbonyl (C=O) groups excluding carboxylic acids is 1. The Hall–Kier alpha value is -2.21. The minimum absolute atomic E-state index is 0. The van der Waals surface area contributed by atoms with Gasteiger partial charge in [-0.05, 0) is 12.1 Å². The number of aromatic carboxylic acids is 1. The number of amides is 1. The molecule has 0 saturated heterocycles. The maximum Gasteiger partial charge on any atom is 2.00 e. The summed E-state index contributed by atoms with van der Waals surface area (Å²) < 4.78 is 13.2. The van der Waals surface area contributed by atoms with E-state index in [1.807, 2.05) is 6.07 Å². The van der Waals surface area contributed by atoms with Crippen LogP contribution in [0.2, 0.25) is 0 Å². The summed E-state index contributed by atoms with van der Waals surface area (Å²) in [5.41, 5.74) is 0.538. The summed E-state index contributed by atoms with van der Waals surface area (Å²) >= 11 is 1.29. The average molecular weight is 370 g/mol. The number of thiophene rings is 1. The van der Waals surface area contributed by atoms with Crippen LogP contribution in [0.15, 0.2) is 48.5 Å². The van der Waals surface area contributed by atoms with Crippen molar-refractivity contribution in [1.29, 1.82) is 0 Å². The number of halogens is 1. The number of carboxylic acid groups (broad SMARTS) is 1. The SMILES string of the molecule is O=C(O)c1cc2c[c-]ccc2s1.O=[C-]Nc1ccc(F)cc1.[Mn+2]. The van der Waals surface area contributed by atoms with Crippen LogP contribution in [0.5, 0.6) is 0 Å². The number of benzene rings is 2. The Morgan fingerprint density at radius 2 is 1.96 bits per heavy atom. The Balaban J connectivity index is 0.000000224. The summed E-state index contributed by atoms with van der Waals surface area (Å²) in [6.07, 6.45) is 1.48. The number of carbonyl (C=O) groups is 1. The van der Waals surface area contributed by atoms with Gasteiger partial charge in [-0.1, -0.05) is 10.8 Å². The van der Waals surface area contributed by atoms with Gasteiger partial charge in [-0.15, -0.1) is 23.2 Å². The average Bonchev–Trinajstić information content (AvgIpc) is 2.95. The summed E-state index contributed by atoms with van der Waals surface area (Å²) in [4.78, 5) is 20.7. The molecule has 0 unspecified atom stereocenters. The molecular formula is C16H10FMnNO3S. The van der Waals surface area contributed by atoms with Gasteiger partial charge in [0.05, 0.1) is 11.3 Å². The maximum atomic E-state index is 12.2. The molecule has 7 heteroatoms. The van der Waals surface area contributed by atoms with Crippen LogP contribution in [0.1, 0.15) is 9.67 Å². The van der Waals surface area contributed by atoms with Crippen LogP contribution in [0.3, 0.4) is 0 Å². The quantitative estimate of drug-likeness (QED) is 0.420. The van der Waals surface area contributed by atoms with Crippen molar-refractivity contribution in [2.45, 2.75) is 0 Å². The van der Waals surface area contributed by atoms with Crippen molar-refractivity contribution in [3.63, 3.8) is 0 Å². The van der Waals surface area contributed by atoms with E-state index in [1.54, 1.807) is 18.2 Å². The first-order valence-corrected chi connectivity index (χ1v) is 6.93. The van der Waals surface area contributed by atoms with Crippen molar-refractivity contribution in [3.8, 4) is 0 Å². The van der Waals surface area contributed by atoms with Crippen LogP contribution in [0.4, 0.5) is 10.1 Å². The standard InChI is InChI=1S/C9H5O2S.C7H5FNO.Mn/c10-9(11)8-5-6-3-1-2-4-7(6)12-8;8-6-1-3-7(4-2-6)9-5-10;/h2-5H,(H,10,11);1-4H,(H,9,10);/q2*-1;+2. The van der Waals surface area contributed by atoms with Gasteiger partial charge in [0.25, 0.3) is 0 Å². The molecule has 0 aliphatic carbocycles. The molecule has 0 aliphatic rings. The van der Waals surface area contributed by atoms with Crippen LogP contribution >= 0.6 is 11.3 Å². The Kier molecular flexibility index (Phi) is 7.41. The predicted octanol–water partition coefficient (Wildman–Crippen LogP) is 3.70. The molecule has 3 aromatic rings. The molecule has 2 aromatic carbocycles. The zero-order valence-corrected chi connectivity index (χ0v) is 13.5. The van der Waals surface area contributed by atoms with Crippen molar-refractivity contribution in [2.75, 3.05) is 5.32 Å². The van der Waals surface area contributed by atoms with E-state index in [0.717, 1.165) is 10.1 Å². The zero-order chi connectivity index (χ0) is 15.9. The predicted molar refractivity (Wildman–Crippen MR) is 83.3 cm³/mol. The molecule has 0 spiro atoms. The van der Waals surface area contributed by atoms with E-state index in [1.165, 1.54) is 42.0 Å². The second kappa shape index (κ2) is 9.05. The third-order valence-electron chi connectivity index (χ3n) is 2.61. The zero-order valence-electron chi connectivity index (χ0n) is 11.5. The molecule has 1 heterocycles. The van der Waals surface area contributed by atoms with Crippen LogP contribution in [0, 0.1) is 11.9 Å². The fourth-order valence-electron chi connectivity index (χ4n) is 1.62. The van der Waals surface area contributed by atoms with Crippen molar-refractivity contribution < 1.29 is 36.2 Å². The molecule has 2 N–H and O–H groups in total. The molecule has 117 valence electrons. The van der Waals surface area contributed by atoms with Gasteiger partial charge in [0.2, 0.25) is 0 Å². The van der Waals surface area contributed by atoms with E-state index in [0.29, 0.717) is 10.6 Å². The van der Waals surface area contributed by atoms with Gasteiger partial charge in [-0.3, -0.25) is 0 Å². The molecule has 0 atom stereocenters. The number of anilines is 1. The molecule has 1 aromatic heterocycles. The van der Waals surface area contributed by atoms with Gasteiger partial charge in [0, 0.05) is 0 Å². The molecule has 0 fully saturated rings. The van der Waals surface area contributed by atoms with Gasteiger partial charge in [0.15, 0.2) is 0 Å². The van der Waals surface area contributed by atoms with Gasteiger partial charge in [-0.25, -0.2) is 9.18 Å². The maximum absolute atomic E-state index is 12.2. The summed E-state index contributed by atoms with van der Waals surface area (Å²) in [6, 6.07) is 15.5. The van der Waals surface area contributed by atoms with E-state index in [-0.39, 0.29) is 22.9 Å². The van der Waals surface area contributed by atoms with Crippen LogP contribution in [0.25, 0.3) is 10.1 Å². The van der Waals surface area contributed by atoms with Gasteiger partial charge < -0.3 is 15.2 Å². The van der Waals surface area contributed by atoms with E-state index in [4.69, 9.17) is 5.11 Å². The topological polar surface area (TPSA) is 66.4 Å². The molecular weight excluding hydrogens is 360 g/mol. The Labute approximate surface area is 146 Å². The van der Waals surface area contributed by atoms with Crippen LogP contribution in [-0.4, -0.2) is 17.5 Å². The number of fused-ring (bicyclic) bond motifs is 1. The molecule has 1 amide bonds. The van der Waals surface area contributed by atoms with Gasteiger partial charge in [-0.2, -0.15) is 35.6 Å². The second-order valence-corrected chi connectivity index (χ2v) is 5.20. The summed E-state index contributed by atoms with van der Waals surface area (Å²) in [5.74, 6) is -1.19. The minimum Gasteiger partial charge on any atom is -0.490 e. The largest absolute Gasteiger partial charge is 2.00 e. The van der Waals surface area contributed by atoms with Crippen molar-refractivity contribution in [1.82, 2.24) is 0 Å². The molecule has 0 saturated carbocycles. The monoisotopic (exact) mass is 370 g/mol. The number of carboxylic acids is 1. The van der Waals surface area contributed by atoms with E-state index in [2.05, 4.69) is 11.4 Å². The number of nitrogens with one attached hydrogen (secondary N) is 1. The third kappa shape index (κ3) is 5.49. The van der Waals surface area contributed by atoms with E-state index in [9.17, 15) is 14.0 Å². The van der Waals surface area contributed by atoms with E-state index >= 15 is 0 Å². The molecule has 4 nitrogen and oxygen atoms in total. The third-order valence-corrected chi connectivity index (χ3v) is 3.72. The molecule has 3 rings (SSSR count). The summed E-state index contributed by atoms with van der Waals surface area (Å²) in [7, 11) is 0. The first-order valence-electron chi connectivity index (χ1n) is 6.12. The van der Waals surface area contributed by atoms with Crippen molar-refractivity contribution >= 4 is 39.5 Å². The Morgan fingerprint density at radius 1 is 1.26 bits per heavy atom. The Morgan fingerprint density at radius 3 is 2.52 bits per heavy atom. The fraction of sp³-hybridized carbons (Fsp3) is 0. The number of hydrogen-bond acceptors (Lipinski definition) is 3. The molecule has 1 radical (unpaired) electrons. The van der Waals surface area contributed by atoms with Crippen LogP contribution in [-0.2, 0) is 21.9 Å². The summed E-state index contributed by atoms with van der Waals surface area (Å²) in [5, 5.41) is 11.9. The number of hydrogen-bond donors (Lipinski definition) is 2. The first kappa shape index (κ1) is 18.8. The fourth-order valence-corrected chi connectivity index (χ4v) is 2.50. The van der Waals surface area contributed by atoms with Crippen molar-refractivity contribution in [2.24, 2.45) is 0 Å². The summed E-state index contributed by atoms with van der Waals surface area (Å²) in [6.45, 7) is 0. The van der Waals surface area contributed by atoms with Gasteiger partial charge in [0.1, 0.15) is 5.82 Å². The van der Waals surface area contributed by atoms with Gasteiger partial charge >= 0.3 is 23.0 Å². The first-order chi connectivity index (χ1) is 10.6.